The van der Waals surface area contributed by atoms with E-state index in [0.717, 1.165) is 23.9 Å². The van der Waals surface area contributed by atoms with Gasteiger partial charge in [0.2, 0.25) is 0 Å². The van der Waals surface area contributed by atoms with Gasteiger partial charge in [0, 0.05) is 15.9 Å². The van der Waals surface area contributed by atoms with Crippen molar-refractivity contribution in [2.45, 2.75) is 9.79 Å². The fourth-order valence-corrected chi connectivity index (χ4v) is 2.71. The fourth-order valence-electron chi connectivity index (χ4n) is 1.58. The maximum absolute atomic E-state index is 13.3. The Hall–Kier alpha value is -2.12. The summed E-state index contributed by atoms with van der Waals surface area (Å²) in [6.07, 6.45) is 0. The topological polar surface area (TPSA) is 80.4 Å². The molecule has 0 atom stereocenters. The van der Waals surface area contributed by atoms with Gasteiger partial charge in [0.25, 0.3) is 5.69 Å². The molecule has 1 N–H and O–H groups in total. The molecule has 0 aliphatic carbocycles. The standard InChI is InChI=1S/C13H7ClFNO4S/c14-12-2-1-9(6-11(12)13(17)18)21-10-4-7(15)3-8(5-10)16(19)20/h1-6H,(H,17,18). The molecule has 0 bridgehead atoms. The maximum atomic E-state index is 13.3. The summed E-state index contributed by atoms with van der Waals surface area (Å²) in [6.45, 7) is 0. The van der Waals surface area contributed by atoms with Gasteiger partial charge in [0.05, 0.1) is 21.6 Å². The van der Waals surface area contributed by atoms with Crippen LogP contribution in [0.15, 0.2) is 46.2 Å². The van der Waals surface area contributed by atoms with Gasteiger partial charge in [-0.05, 0) is 24.3 Å². The van der Waals surface area contributed by atoms with Gasteiger partial charge < -0.3 is 5.11 Å². The van der Waals surface area contributed by atoms with Crippen molar-refractivity contribution >= 4 is 35.0 Å². The number of halogens is 2. The fraction of sp³-hybridized carbons (Fsp3) is 0. The van der Waals surface area contributed by atoms with Crippen LogP contribution in [0.5, 0.6) is 0 Å². The van der Waals surface area contributed by atoms with Crippen LogP contribution in [0.4, 0.5) is 10.1 Å². The molecule has 2 aromatic rings. The summed E-state index contributed by atoms with van der Waals surface area (Å²) < 4.78 is 13.3. The van der Waals surface area contributed by atoms with Crippen LogP contribution in [0.3, 0.4) is 0 Å². The number of hydrogen-bond donors (Lipinski definition) is 1. The summed E-state index contributed by atoms with van der Waals surface area (Å²) in [5.74, 6) is -1.92. The molecule has 2 rings (SSSR count). The summed E-state index contributed by atoms with van der Waals surface area (Å²) in [5, 5.41) is 19.7. The summed E-state index contributed by atoms with van der Waals surface area (Å²) in [5.41, 5.74) is -0.461. The van der Waals surface area contributed by atoms with Gasteiger partial charge >= 0.3 is 5.97 Å². The van der Waals surface area contributed by atoms with Crippen molar-refractivity contribution < 1.29 is 19.2 Å². The zero-order chi connectivity index (χ0) is 15.6. The van der Waals surface area contributed by atoms with Crippen molar-refractivity contribution in [3.05, 3.63) is 62.9 Å². The minimum Gasteiger partial charge on any atom is -0.478 e. The van der Waals surface area contributed by atoms with E-state index in [-0.39, 0.29) is 16.3 Å². The second-order valence-corrected chi connectivity index (χ2v) is 5.51. The third-order valence-electron chi connectivity index (χ3n) is 2.47. The van der Waals surface area contributed by atoms with Crippen LogP contribution in [0, 0.1) is 15.9 Å². The highest BCUT2D eigenvalue weighted by molar-refractivity contribution is 7.99. The van der Waals surface area contributed by atoms with Crippen LogP contribution in [-0.4, -0.2) is 16.0 Å². The van der Waals surface area contributed by atoms with Crippen LogP contribution in [0.1, 0.15) is 10.4 Å². The molecular weight excluding hydrogens is 321 g/mol. The number of rotatable bonds is 4. The molecule has 2 aromatic carbocycles. The predicted molar refractivity (Wildman–Crippen MR) is 75.6 cm³/mol. The van der Waals surface area contributed by atoms with E-state index in [1.807, 2.05) is 0 Å². The Morgan fingerprint density at radius 3 is 2.57 bits per heavy atom. The Kier molecular flexibility index (Phi) is 4.44. The number of benzene rings is 2. The number of carboxylic acid groups (broad SMARTS) is 1. The molecule has 0 radical (unpaired) electrons. The quantitative estimate of drug-likeness (QED) is 0.671. The van der Waals surface area contributed by atoms with E-state index in [1.165, 1.54) is 18.2 Å². The molecule has 21 heavy (non-hydrogen) atoms. The SMILES string of the molecule is O=C(O)c1cc(Sc2cc(F)cc([N+](=O)[O-])c2)ccc1Cl. The molecule has 0 saturated carbocycles. The number of aromatic carboxylic acids is 1. The molecule has 0 unspecified atom stereocenters. The van der Waals surface area contributed by atoms with Gasteiger partial charge in [-0.15, -0.1) is 0 Å². The first-order valence-electron chi connectivity index (χ1n) is 5.52. The molecule has 108 valence electrons. The van der Waals surface area contributed by atoms with Crippen molar-refractivity contribution in [1.82, 2.24) is 0 Å². The molecular formula is C13H7ClFNO4S. The number of hydrogen-bond acceptors (Lipinski definition) is 4. The summed E-state index contributed by atoms with van der Waals surface area (Å²) >= 11 is 6.75. The Morgan fingerprint density at radius 2 is 1.95 bits per heavy atom. The molecule has 0 aromatic heterocycles. The third-order valence-corrected chi connectivity index (χ3v) is 3.76. The summed E-state index contributed by atoms with van der Waals surface area (Å²) in [7, 11) is 0. The number of carboxylic acids is 1. The number of nitro groups is 1. The first kappa shape index (κ1) is 15.3. The first-order valence-corrected chi connectivity index (χ1v) is 6.72. The largest absolute Gasteiger partial charge is 0.478 e. The van der Waals surface area contributed by atoms with Crippen LogP contribution in [0.2, 0.25) is 5.02 Å². The Morgan fingerprint density at radius 1 is 1.24 bits per heavy atom. The lowest BCUT2D eigenvalue weighted by atomic mass is 10.2. The van der Waals surface area contributed by atoms with E-state index in [9.17, 15) is 19.3 Å². The molecule has 0 heterocycles. The third kappa shape index (κ3) is 3.71. The number of nitrogens with zero attached hydrogens (tertiary/aromatic N) is 1. The minimum absolute atomic E-state index is 0.0806. The van der Waals surface area contributed by atoms with Crippen LogP contribution in [0.25, 0.3) is 0 Å². The lowest BCUT2D eigenvalue weighted by molar-refractivity contribution is -0.385. The zero-order valence-electron chi connectivity index (χ0n) is 10.2. The highest BCUT2D eigenvalue weighted by Crippen LogP contribution is 2.33. The normalized spacial score (nSPS) is 10.4. The van der Waals surface area contributed by atoms with Crippen molar-refractivity contribution in [2.75, 3.05) is 0 Å². The second-order valence-electron chi connectivity index (χ2n) is 3.95. The highest BCUT2D eigenvalue weighted by atomic mass is 35.5. The smallest absolute Gasteiger partial charge is 0.337 e. The molecule has 0 aliphatic heterocycles. The van der Waals surface area contributed by atoms with Crippen molar-refractivity contribution in [1.29, 1.82) is 0 Å². The zero-order valence-corrected chi connectivity index (χ0v) is 11.8. The van der Waals surface area contributed by atoms with Gasteiger partial charge in [-0.3, -0.25) is 10.1 Å². The molecule has 5 nitrogen and oxygen atoms in total. The molecule has 0 aliphatic rings. The van der Waals surface area contributed by atoms with Gasteiger partial charge in [-0.2, -0.15) is 0 Å². The Bertz CT molecular complexity index is 738. The molecule has 0 spiro atoms. The van der Waals surface area contributed by atoms with Crippen molar-refractivity contribution in [3.8, 4) is 0 Å². The first-order chi connectivity index (χ1) is 9.86. The van der Waals surface area contributed by atoms with E-state index < -0.39 is 16.7 Å². The molecule has 0 fully saturated rings. The van der Waals surface area contributed by atoms with Crippen LogP contribution < -0.4 is 0 Å². The van der Waals surface area contributed by atoms with E-state index in [1.54, 1.807) is 6.07 Å². The van der Waals surface area contributed by atoms with E-state index >= 15 is 0 Å². The van der Waals surface area contributed by atoms with Crippen LogP contribution in [-0.2, 0) is 0 Å². The van der Waals surface area contributed by atoms with E-state index in [4.69, 9.17) is 16.7 Å². The maximum Gasteiger partial charge on any atom is 0.337 e. The second kappa shape index (κ2) is 6.11. The highest BCUT2D eigenvalue weighted by Gasteiger charge is 2.13. The summed E-state index contributed by atoms with van der Waals surface area (Å²) in [6, 6.07) is 7.44. The Balaban J connectivity index is 2.36. The lowest BCUT2D eigenvalue weighted by Gasteiger charge is -2.05. The van der Waals surface area contributed by atoms with Gasteiger partial charge in [-0.1, -0.05) is 23.4 Å². The predicted octanol–water partition coefficient (Wildman–Crippen LogP) is 4.24. The van der Waals surface area contributed by atoms with Gasteiger partial charge in [-0.25, -0.2) is 9.18 Å². The van der Waals surface area contributed by atoms with Crippen molar-refractivity contribution in [3.63, 3.8) is 0 Å². The van der Waals surface area contributed by atoms with Crippen molar-refractivity contribution in [2.24, 2.45) is 0 Å². The monoisotopic (exact) mass is 327 g/mol. The molecule has 0 amide bonds. The lowest BCUT2D eigenvalue weighted by Crippen LogP contribution is -1.97. The summed E-state index contributed by atoms with van der Waals surface area (Å²) in [4.78, 5) is 21.7. The van der Waals surface area contributed by atoms with E-state index in [2.05, 4.69) is 0 Å². The minimum atomic E-state index is -1.19. The molecule has 0 saturated heterocycles. The molecule has 8 heteroatoms. The van der Waals surface area contributed by atoms with Crippen LogP contribution >= 0.6 is 23.4 Å². The van der Waals surface area contributed by atoms with Gasteiger partial charge in [0.1, 0.15) is 5.82 Å². The van der Waals surface area contributed by atoms with E-state index in [0.29, 0.717) is 9.79 Å². The number of nitro benzene ring substituents is 1. The Labute approximate surface area is 127 Å². The number of non-ortho nitro benzene ring substituents is 1. The van der Waals surface area contributed by atoms with Gasteiger partial charge in [0.15, 0.2) is 0 Å². The number of carbonyl (C=O) groups is 1. The average Bonchev–Trinajstić information content (AvgIpc) is 2.40. The average molecular weight is 328 g/mol.